The SMILES string of the molecule is Cc1[nH]c2c(NCCc3ccccc3C=O)ncc(F)c2c1C.Cl. The molecule has 0 fully saturated rings. The first-order valence-electron chi connectivity index (χ1n) is 7.52. The van der Waals surface area contributed by atoms with Crippen molar-refractivity contribution < 1.29 is 9.18 Å². The molecular weight excluding hydrogens is 329 g/mol. The fourth-order valence-corrected chi connectivity index (χ4v) is 2.77. The van der Waals surface area contributed by atoms with E-state index in [-0.39, 0.29) is 18.2 Å². The molecule has 0 bridgehead atoms. The van der Waals surface area contributed by atoms with Crippen LogP contribution in [0, 0.1) is 19.7 Å². The smallest absolute Gasteiger partial charge is 0.151 e. The number of H-pyrrole nitrogens is 1. The van der Waals surface area contributed by atoms with Crippen molar-refractivity contribution in [2.75, 3.05) is 11.9 Å². The second-order valence-electron chi connectivity index (χ2n) is 5.57. The maximum atomic E-state index is 14.0. The van der Waals surface area contributed by atoms with Crippen molar-refractivity contribution in [1.29, 1.82) is 0 Å². The van der Waals surface area contributed by atoms with Gasteiger partial charge in [0.1, 0.15) is 6.29 Å². The minimum atomic E-state index is -0.321. The molecule has 0 spiro atoms. The van der Waals surface area contributed by atoms with E-state index >= 15 is 0 Å². The number of halogens is 2. The number of hydrogen-bond acceptors (Lipinski definition) is 3. The molecule has 0 aliphatic rings. The van der Waals surface area contributed by atoms with Crippen LogP contribution in [0.25, 0.3) is 10.9 Å². The summed E-state index contributed by atoms with van der Waals surface area (Å²) in [5.41, 5.74) is 4.18. The summed E-state index contributed by atoms with van der Waals surface area (Å²) in [5, 5.41) is 3.81. The molecule has 3 aromatic rings. The van der Waals surface area contributed by atoms with Gasteiger partial charge in [0.2, 0.25) is 0 Å². The largest absolute Gasteiger partial charge is 0.368 e. The molecular formula is C18H19ClFN3O. The first-order chi connectivity index (χ1) is 11.1. The number of benzene rings is 1. The van der Waals surface area contributed by atoms with Gasteiger partial charge in [-0.1, -0.05) is 24.3 Å². The van der Waals surface area contributed by atoms with Gasteiger partial charge < -0.3 is 10.3 Å². The minimum Gasteiger partial charge on any atom is -0.368 e. The lowest BCUT2D eigenvalue weighted by Gasteiger charge is -2.08. The highest BCUT2D eigenvalue weighted by Gasteiger charge is 2.13. The van der Waals surface area contributed by atoms with Gasteiger partial charge in [-0.05, 0) is 31.4 Å². The van der Waals surface area contributed by atoms with Gasteiger partial charge in [0.15, 0.2) is 11.6 Å². The van der Waals surface area contributed by atoms with E-state index < -0.39 is 0 Å². The van der Waals surface area contributed by atoms with Gasteiger partial charge in [0.05, 0.1) is 11.7 Å². The predicted octanol–water partition coefficient (Wildman–Crippen LogP) is 4.21. The summed E-state index contributed by atoms with van der Waals surface area (Å²) >= 11 is 0. The zero-order chi connectivity index (χ0) is 16.4. The molecule has 6 heteroatoms. The number of pyridine rings is 1. The Kier molecular flexibility index (Phi) is 5.57. The van der Waals surface area contributed by atoms with Crippen LogP contribution in [0.2, 0.25) is 0 Å². The molecule has 0 saturated carbocycles. The number of aldehydes is 1. The fourth-order valence-electron chi connectivity index (χ4n) is 2.77. The molecule has 0 radical (unpaired) electrons. The molecule has 2 aromatic heterocycles. The zero-order valence-corrected chi connectivity index (χ0v) is 14.3. The summed E-state index contributed by atoms with van der Waals surface area (Å²) < 4.78 is 14.0. The van der Waals surface area contributed by atoms with E-state index in [1.54, 1.807) is 6.07 Å². The van der Waals surface area contributed by atoms with Crippen LogP contribution in [-0.4, -0.2) is 22.8 Å². The van der Waals surface area contributed by atoms with Crippen LogP contribution < -0.4 is 5.32 Å². The van der Waals surface area contributed by atoms with Crippen LogP contribution in [0.5, 0.6) is 0 Å². The Morgan fingerprint density at radius 1 is 1.29 bits per heavy atom. The van der Waals surface area contributed by atoms with Crippen molar-refractivity contribution in [1.82, 2.24) is 9.97 Å². The summed E-state index contributed by atoms with van der Waals surface area (Å²) in [4.78, 5) is 18.4. The van der Waals surface area contributed by atoms with E-state index in [1.165, 1.54) is 6.20 Å². The number of fused-ring (bicyclic) bond motifs is 1. The first kappa shape index (κ1) is 17.9. The summed E-state index contributed by atoms with van der Waals surface area (Å²) in [7, 11) is 0. The first-order valence-corrected chi connectivity index (χ1v) is 7.52. The van der Waals surface area contributed by atoms with Gasteiger partial charge in [0.25, 0.3) is 0 Å². The van der Waals surface area contributed by atoms with Crippen LogP contribution in [0.15, 0.2) is 30.5 Å². The van der Waals surface area contributed by atoms with E-state index in [0.717, 1.165) is 23.1 Å². The third kappa shape index (κ3) is 3.26. The maximum absolute atomic E-state index is 14.0. The van der Waals surface area contributed by atoms with Crippen molar-refractivity contribution in [2.24, 2.45) is 0 Å². The molecule has 4 nitrogen and oxygen atoms in total. The predicted molar refractivity (Wildman–Crippen MR) is 96.8 cm³/mol. The average Bonchev–Trinajstić information content (AvgIpc) is 2.86. The van der Waals surface area contributed by atoms with Crippen molar-refractivity contribution in [3.63, 3.8) is 0 Å². The maximum Gasteiger partial charge on any atom is 0.151 e. The third-order valence-electron chi connectivity index (χ3n) is 4.15. The number of aryl methyl sites for hydroxylation is 2. The summed E-state index contributed by atoms with van der Waals surface area (Å²) in [6.07, 6.45) is 2.79. The summed E-state index contributed by atoms with van der Waals surface area (Å²) in [5.74, 6) is 0.305. The number of carbonyl (C=O) groups is 1. The van der Waals surface area contributed by atoms with E-state index in [1.807, 2.05) is 32.0 Å². The third-order valence-corrected chi connectivity index (χ3v) is 4.15. The van der Waals surface area contributed by atoms with Gasteiger partial charge in [0, 0.05) is 23.2 Å². The molecule has 1 aromatic carbocycles. The van der Waals surface area contributed by atoms with Gasteiger partial charge in [-0.25, -0.2) is 9.37 Å². The molecule has 0 amide bonds. The molecule has 0 unspecified atom stereocenters. The molecule has 0 aliphatic heterocycles. The van der Waals surface area contributed by atoms with Crippen LogP contribution in [0.3, 0.4) is 0 Å². The van der Waals surface area contributed by atoms with E-state index in [0.29, 0.717) is 35.2 Å². The van der Waals surface area contributed by atoms with Gasteiger partial charge >= 0.3 is 0 Å². The number of carbonyl (C=O) groups excluding carboxylic acids is 1. The Morgan fingerprint density at radius 3 is 2.79 bits per heavy atom. The van der Waals surface area contributed by atoms with E-state index in [2.05, 4.69) is 15.3 Å². The van der Waals surface area contributed by atoms with Crippen LogP contribution in [-0.2, 0) is 6.42 Å². The summed E-state index contributed by atoms with van der Waals surface area (Å²) in [6.45, 7) is 4.41. The second kappa shape index (κ2) is 7.45. The Bertz CT molecular complexity index is 876. The molecule has 126 valence electrons. The normalized spacial score (nSPS) is 10.5. The van der Waals surface area contributed by atoms with Gasteiger partial charge in [-0.2, -0.15) is 0 Å². The Morgan fingerprint density at radius 2 is 2.04 bits per heavy atom. The van der Waals surface area contributed by atoms with Crippen molar-refractivity contribution in [3.8, 4) is 0 Å². The van der Waals surface area contributed by atoms with Crippen LogP contribution in [0.1, 0.15) is 27.2 Å². The molecule has 2 heterocycles. The molecule has 0 saturated heterocycles. The Labute approximate surface area is 145 Å². The number of aromatic nitrogens is 2. The monoisotopic (exact) mass is 347 g/mol. The number of aromatic amines is 1. The van der Waals surface area contributed by atoms with E-state index in [4.69, 9.17) is 0 Å². The van der Waals surface area contributed by atoms with Crippen molar-refractivity contribution in [3.05, 3.63) is 58.7 Å². The fraction of sp³-hybridized carbons (Fsp3) is 0.222. The van der Waals surface area contributed by atoms with E-state index in [9.17, 15) is 9.18 Å². The topological polar surface area (TPSA) is 57.8 Å². The second-order valence-corrected chi connectivity index (χ2v) is 5.57. The number of anilines is 1. The highest BCUT2D eigenvalue weighted by molar-refractivity contribution is 5.92. The molecule has 0 atom stereocenters. The molecule has 0 aliphatic carbocycles. The lowest BCUT2D eigenvalue weighted by Crippen LogP contribution is -2.08. The number of hydrogen-bond donors (Lipinski definition) is 2. The van der Waals surface area contributed by atoms with Crippen LogP contribution >= 0.6 is 12.4 Å². The lowest BCUT2D eigenvalue weighted by molar-refractivity contribution is 0.112. The quantitative estimate of drug-likeness (QED) is 0.680. The molecule has 2 N–H and O–H groups in total. The molecule has 24 heavy (non-hydrogen) atoms. The zero-order valence-electron chi connectivity index (χ0n) is 13.5. The minimum absolute atomic E-state index is 0. The molecule has 3 rings (SSSR count). The number of nitrogens with one attached hydrogen (secondary N) is 2. The highest BCUT2D eigenvalue weighted by atomic mass is 35.5. The standard InChI is InChI=1S/C18H18FN3O.ClH/c1-11-12(2)22-17-16(11)15(19)9-21-18(17)20-8-7-13-5-3-4-6-14(13)10-23;/h3-6,9-10,22H,7-8H2,1-2H3,(H,20,21);1H. The van der Waals surface area contributed by atoms with Crippen LogP contribution in [0.4, 0.5) is 10.2 Å². The van der Waals surface area contributed by atoms with Gasteiger partial charge in [-0.15, -0.1) is 12.4 Å². The average molecular weight is 348 g/mol. The number of nitrogens with zero attached hydrogens (tertiary/aromatic N) is 1. The Balaban J connectivity index is 0.00000208. The lowest BCUT2D eigenvalue weighted by atomic mass is 10.1. The van der Waals surface area contributed by atoms with Crippen molar-refractivity contribution in [2.45, 2.75) is 20.3 Å². The van der Waals surface area contributed by atoms with Gasteiger partial charge in [-0.3, -0.25) is 4.79 Å². The number of rotatable bonds is 5. The summed E-state index contributed by atoms with van der Waals surface area (Å²) in [6, 6.07) is 7.49. The Hall–Kier alpha value is -2.40. The van der Waals surface area contributed by atoms with Crippen molar-refractivity contribution >= 4 is 35.4 Å². The highest BCUT2D eigenvalue weighted by Crippen LogP contribution is 2.28.